The van der Waals surface area contributed by atoms with E-state index >= 15 is 0 Å². The molecule has 0 aliphatic rings. The zero-order chi connectivity index (χ0) is 13.1. The molecule has 6 nitrogen and oxygen atoms in total. The van der Waals surface area contributed by atoms with Crippen molar-refractivity contribution >= 4 is 27.5 Å². The minimum Gasteiger partial charge on any atom is -0.348 e. The number of pyridine rings is 1. The van der Waals surface area contributed by atoms with Gasteiger partial charge in [-0.05, 0) is 12.1 Å². The lowest BCUT2D eigenvalue weighted by Crippen LogP contribution is -2.36. The summed E-state index contributed by atoms with van der Waals surface area (Å²) < 4.78 is 25.7. The molecule has 1 aromatic heterocycles. The van der Waals surface area contributed by atoms with Crippen LogP contribution < -0.4 is 4.72 Å². The molecule has 0 unspecified atom stereocenters. The number of sulfonamides is 1. The highest BCUT2D eigenvalue weighted by Gasteiger charge is 2.16. The molecule has 0 aliphatic carbocycles. The Balaban J connectivity index is 2.80. The Hall–Kier alpha value is -1.18. The van der Waals surface area contributed by atoms with Crippen LogP contribution in [0.3, 0.4) is 0 Å². The van der Waals surface area contributed by atoms with E-state index in [9.17, 15) is 13.2 Å². The van der Waals surface area contributed by atoms with Crippen molar-refractivity contribution in [2.45, 2.75) is 4.90 Å². The number of hydrogen-bond acceptors (Lipinski definition) is 4. The molecule has 17 heavy (non-hydrogen) atoms. The Labute approximate surface area is 105 Å². The zero-order valence-electron chi connectivity index (χ0n) is 9.34. The summed E-state index contributed by atoms with van der Waals surface area (Å²) in [6.07, 6.45) is 1.28. The van der Waals surface area contributed by atoms with Crippen LogP contribution in [-0.2, 0) is 14.8 Å². The van der Waals surface area contributed by atoms with E-state index in [-0.39, 0.29) is 22.5 Å². The fraction of sp³-hybridized carbons (Fsp3) is 0.333. The van der Waals surface area contributed by atoms with Crippen molar-refractivity contribution < 1.29 is 13.2 Å². The molecule has 0 atom stereocenters. The lowest BCUT2D eigenvalue weighted by Gasteiger charge is -2.11. The molecule has 1 aromatic rings. The number of likely N-dealkylation sites (N-methyl/N-ethyl adjacent to an activating group) is 1. The average Bonchev–Trinajstić information content (AvgIpc) is 2.26. The normalized spacial score (nSPS) is 11.2. The fourth-order valence-electron chi connectivity index (χ4n) is 0.950. The number of halogens is 1. The molecular weight excluding hydrogens is 266 g/mol. The van der Waals surface area contributed by atoms with Gasteiger partial charge in [-0.1, -0.05) is 11.6 Å². The van der Waals surface area contributed by atoms with E-state index in [2.05, 4.69) is 9.71 Å². The average molecular weight is 278 g/mol. The number of nitrogens with one attached hydrogen (secondary N) is 1. The third-order valence-corrected chi connectivity index (χ3v) is 3.53. The van der Waals surface area contributed by atoms with Crippen molar-refractivity contribution in [2.75, 3.05) is 20.6 Å². The summed E-state index contributed by atoms with van der Waals surface area (Å²) in [5.41, 5.74) is 0. The van der Waals surface area contributed by atoms with Crippen LogP contribution in [0.5, 0.6) is 0 Å². The highest BCUT2D eigenvalue weighted by molar-refractivity contribution is 7.89. The third-order valence-electron chi connectivity index (χ3n) is 1.92. The van der Waals surface area contributed by atoms with E-state index < -0.39 is 10.0 Å². The molecule has 0 aliphatic heterocycles. The largest absolute Gasteiger partial charge is 0.348 e. The predicted molar refractivity (Wildman–Crippen MR) is 63.1 cm³/mol. The summed E-state index contributed by atoms with van der Waals surface area (Å²) in [4.78, 5) is 16.2. The van der Waals surface area contributed by atoms with E-state index in [1.165, 1.54) is 23.2 Å². The Morgan fingerprint density at radius 2 is 2.18 bits per heavy atom. The number of nitrogens with zero attached hydrogens (tertiary/aromatic N) is 2. The van der Waals surface area contributed by atoms with Crippen LogP contribution in [0.15, 0.2) is 23.2 Å². The maximum atomic E-state index is 11.7. The molecule has 0 aromatic carbocycles. The van der Waals surface area contributed by atoms with Crippen molar-refractivity contribution in [3.05, 3.63) is 23.5 Å². The molecule has 8 heteroatoms. The number of rotatable bonds is 4. The highest BCUT2D eigenvalue weighted by Crippen LogP contribution is 2.12. The molecule has 1 amide bonds. The topological polar surface area (TPSA) is 79.4 Å². The highest BCUT2D eigenvalue weighted by atomic mass is 35.5. The molecule has 0 saturated heterocycles. The van der Waals surface area contributed by atoms with Crippen molar-refractivity contribution in [3.8, 4) is 0 Å². The minimum atomic E-state index is -3.73. The Morgan fingerprint density at radius 3 is 2.71 bits per heavy atom. The van der Waals surface area contributed by atoms with Gasteiger partial charge >= 0.3 is 0 Å². The van der Waals surface area contributed by atoms with Crippen molar-refractivity contribution in [2.24, 2.45) is 0 Å². The van der Waals surface area contributed by atoms with Crippen LogP contribution in [0.1, 0.15) is 0 Å². The van der Waals surface area contributed by atoms with Crippen molar-refractivity contribution in [3.63, 3.8) is 0 Å². The van der Waals surface area contributed by atoms with Crippen LogP contribution in [0.25, 0.3) is 0 Å². The first-order valence-electron chi connectivity index (χ1n) is 4.64. The fourth-order valence-corrected chi connectivity index (χ4v) is 2.18. The lowest BCUT2D eigenvalue weighted by atomic mass is 10.5. The lowest BCUT2D eigenvalue weighted by molar-refractivity contribution is -0.127. The van der Waals surface area contributed by atoms with Gasteiger partial charge in [0, 0.05) is 20.3 Å². The first kappa shape index (κ1) is 13.9. The molecule has 1 N–H and O–H groups in total. The van der Waals surface area contributed by atoms with Gasteiger partial charge in [0.1, 0.15) is 5.15 Å². The number of carbonyl (C=O) groups is 1. The van der Waals surface area contributed by atoms with Gasteiger partial charge in [0.2, 0.25) is 15.9 Å². The molecular formula is C9H12ClN3O3S. The summed E-state index contributed by atoms with van der Waals surface area (Å²) >= 11 is 5.59. The van der Waals surface area contributed by atoms with Crippen LogP contribution >= 0.6 is 11.6 Å². The summed E-state index contributed by atoms with van der Waals surface area (Å²) in [5.74, 6) is -0.339. The Morgan fingerprint density at radius 1 is 1.53 bits per heavy atom. The van der Waals surface area contributed by atoms with Gasteiger partial charge < -0.3 is 4.90 Å². The molecule has 0 bridgehead atoms. The molecule has 0 spiro atoms. The van der Waals surface area contributed by atoms with Gasteiger partial charge in [0.05, 0.1) is 11.4 Å². The molecule has 0 radical (unpaired) electrons. The van der Waals surface area contributed by atoms with Gasteiger partial charge in [0.25, 0.3) is 0 Å². The van der Waals surface area contributed by atoms with Crippen LogP contribution in [-0.4, -0.2) is 44.8 Å². The SMILES string of the molecule is CN(C)C(=O)CNS(=O)(=O)c1ccnc(Cl)c1. The predicted octanol–water partition coefficient (Wildman–Crippen LogP) is 0.101. The molecule has 1 heterocycles. The molecule has 1 rings (SSSR count). The first-order chi connectivity index (χ1) is 7.83. The number of amides is 1. The van der Waals surface area contributed by atoms with E-state index in [0.717, 1.165) is 0 Å². The zero-order valence-corrected chi connectivity index (χ0v) is 10.9. The Bertz CT molecular complexity index is 516. The van der Waals surface area contributed by atoms with Gasteiger partial charge in [-0.25, -0.2) is 18.1 Å². The van der Waals surface area contributed by atoms with Gasteiger partial charge in [-0.15, -0.1) is 0 Å². The quantitative estimate of drug-likeness (QED) is 0.792. The van der Waals surface area contributed by atoms with Crippen molar-refractivity contribution in [1.82, 2.24) is 14.6 Å². The second-order valence-corrected chi connectivity index (χ2v) is 5.58. The smallest absolute Gasteiger partial charge is 0.241 e. The number of carbonyl (C=O) groups excluding carboxylic acids is 1. The molecule has 94 valence electrons. The summed E-state index contributed by atoms with van der Waals surface area (Å²) in [7, 11) is -0.650. The number of hydrogen-bond donors (Lipinski definition) is 1. The van der Waals surface area contributed by atoms with E-state index in [0.29, 0.717) is 0 Å². The van der Waals surface area contributed by atoms with Gasteiger partial charge in [-0.3, -0.25) is 4.79 Å². The monoisotopic (exact) mass is 277 g/mol. The maximum absolute atomic E-state index is 11.7. The molecule has 0 saturated carbocycles. The van der Waals surface area contributed by atoms with Gasteiger partial charge in [0.15, 0.2) is 0 Å². The Kier molecular flexibility index (Phi) is 4.44. The maximum Gasteiger partial charge on any atom is 0.241 e. The summed E-state index contributed by atoms with van der Waals surface area (Å²) in [6.45, 7) is -0.296. The van der Waals surface area contributed by atoms with Crippen LogP contribution in [0, 0.1) is 0 Å². The minimum absolute atomic E-state index is 0.0240. The van der Waals surface area contributed by atoms with E-state index in [4.69, 9.17) is 11.6 Å². The second-order valence-electron chi connectivity index (χ2n) is 3.43. The molecule has 0 fully saturated rings. The van der Waals surface area contributed by atoms with Crippen LogP contribution in [0.2, 0.25) is 5.15 Å². The first-order valence-corrected chi connectivity index (χ1v) is 6.50. The second kappa shape index (κ2) is 5.44. The third kappa shape index (κ3) is 3.95. The van der Waals surface area contributed by atoms with Crippen molar-refractivity contribution in [1.29, 1.82) is 0 Å². The standard InChI is InChI=1S/C9H12ClN3O3S/c1-13(2)9(14)6-12-17(15,16)7-3-4-11-8(10)5-7/h3-5,12H,6H2,1-2H3. The summed E-state index contributed by atoms with van der Waals surface area (Å²) in [6, 6.07) is 2.51. The van der Waals surface area contributed by atoms with Crippen LogP contribution in [0.4, 0.5) is 0 Å². The van der Waals surface area contributed by atoms with E-state index in [1.807, 2.05) is 0 Å². The summed E-state index contributed by atoms with van der Waals surface area (Å²) in [5, 5.41) is 0.0758. The van der Waals surface area contributed by atoms with E-state index in [1.54, 1.807) is 14.1 Å². The van der Waals surface area contributed by atoms with Gasteiger partial charge in [-0.2, -0.15) is 0 Å². The number of aromatic nitrogens is 1.